The average Bonchev–Trinajstić information content (AvgIpc) is 2.45. The lowest BCUT2D eigenvalue weighted by molar-refractivity contribution is -0.383. The van der Waals surface area contributed by atoms with Crippen LogP contribution in [-0.4, -0.2) is 27.5 Å². The summed E-state index contributed by atoms with van der Waals surface area (Å²) in [4.78, 5) is 14.7. The van der Waals surface area contributed by atoms with E-state index in [1.165, 1.54) is 6.07 Å². The second-order valence-electron chi connectivity index (χ2n) is 4.52. The number of hydrogen-bond acceptors (Lipinski definition) is 5. The van der Waals surface area contributed by atoms with E-state index in [9.17, 15) is 10.1 Å². The van der Waals surface area contributed by atoms with Gasteiger partial charge in [0.2, 0.25) is 0 Å². The molecule has 0 saturated heterocycles. The zero-order chi connectivity index (χ0) is 14.5. The molecule has 0 aliphatic rings. The minimum Gasteiger partial charge on any atom is -0.381 e. The highest BCUT2D eigenvalue weighted by Crippen LogP contribution is 2.31. The number of anilines is 1. The Morgan fingerprint density at radius 3 is 2.90 bits per heavy atom. The molecule has 0 bridgehead atoms. The second-order valence-corrected chi connectivity index (χ2v) is 5.83. The number of hydrogen-bond donors (Lipinski definition) is 1. The van der Waals surface area contributed by atoms with Crippen molar-refractivity contribution in [2.45, 2.75) is 19.9 Å². The monoisotopic (exact) mass is 291 g/mol. The molecule has 0 radical (unpaired) electrons. The lowest BCUT2D eigenvalue weighted by Crippen LogP contribution is -2.18. The van der Waals surface area contributed by atoms with Gasteiger partial charge in [-0.1, -0.05) is 6.92 Å². The molecule has 1 atom stereocenters. The number of nitrogens with one attached hydrogen (secondary N) is 1. The maximum absolute atomic E-state index is 11.0. The van der Waals surface area contributed by atoms with Crippen molar-refractivity contribution >= 4 is 33.9 Å². The first kappa shape index (κ1) is 14.6. The Kier molecular flexibility index (Phi) is 4.79. The van der Waals surface area contributed by atoms with Crippen LogP contribution in [0.5, 0.6) is 0 Å². The van der Waals surface area contributed by atoms with E-state index >= 15 is 0 Å². The SMILES string of the molecule is CCSCC(C)Nc1ccc([N+](=O)[O-])c2cnccc12. The van der Waals surface area contributed by atoms with Crippen molar-refractivity contribution in [1.29, 1.82) is 0 Å². The molecule has 0 aliphatic carbocycles. The molecule has 2 rings (SSSR count). The topological polar surface area (TPSA) is 68.1 Å². The highest BCUT2D eigenvalue weighted by molar-refractivity contribution is 7.99. The van der Waals surface area contributed by atoms with E-state index in [0.717, 1.165) is 22.6 Å². The first-order chi connectivity index (χ1) is 9.63. The van der Waals surface area contributed by atoms with Gasteiger partial charge in [-0.3, -0.25) is 15.1 Å². The zero-order valence-electron chi connectivity index (χ0n) is 11.5. The van der Waals surface area contributed by atoms with E-state index in [1.54, 1.807) is 18.5 Å². The fraction of sp³-hybridized carbons (Fsp3) is 0.357. The second kappa shape index (κ2) is 6.56. The summed E-state index contributed by atoms with van der Waals surface area (Å²) >= 11 is 1.87. The normalized spacial score (nSPS) is 12.3. The van der Waals surface area contributed by atoms with Crippen LogP contribution in [0.3, 0.4) is 0 Å². The Morgan fingerprint density at radius 1 is 1.40 bits per heavy atom. The summed E-state index contributed by atoms with van der Waals surface area (Å²) in [6.45, 7) is 4.24. The molecule has 5 nitrogen and oxygen atoms in total. The van der Waals surface area contributed by atoms with Crippen molar-refractivity contribution in [2.75, 3.05) is 16.8 Å². The lowest BCUT2D eigenvalue weighted by atomic mass is 10.1. The summed E-state index contributed by atoms with van der Waals surface area (Å²) in [6, 6.07) is 5.42. The van der Waals surface area contributed by atoms with E-state index < -0.39 is 0 Å². The number of nitro benzene ring substituents is 1. The average molecular weight is 291 g/mol. The molecule has 1 heterocycles. The van der Waals surface area contributed by atoms with Crippen molar-refractivity contribution in [3.8, 4) is 0 Å². The summed E-state index contributed by atoms with van der Waals surface area (Å²) in [5.41, 5.74) is 1.01. The third-order valence-corrected chi connectivity index (χ3v) is 4.11. The molecule has 20 heavy (non-hydrogen) atoms. The predicted molar refractivity (Wildman–Crippen MR) is 84.5 cm³/mol. The summed E-state index contributed by atoms with van der Waals surface area (Å²) in [7, 11) is 0. The number of rotatable bonds is 6. The van der Waals surface area contributed by atoms with Gasteiger partial charge in [0.25, 0.3) is 5.69 Å². The van der Waals surface area contributed by atoms with Crippen LogP contribution in [-0.2, 0) is 0 Å². The number of aromatic nitrogens is 1. The molecule has 1 N–H and O–H groups in total. The molecule has 1 aromatic carbocycles. The summed E-state index contributed by atoms with van der Waals surface area (Å²) in [5.74, 6) is 2.08. The number of nitrogens with zero attached hydrogens (tertiary/aromatic N) is 2. The Labute approximate surface area is 121 Å². The highest BCUT2D eigenvalue weighted by Gasteiger charge is 2.15. The Bertz CT molecular complexity index is 618. The van der Waals surface area contributed by atoms with Crippen LogP contribution in [0, 0.1) is 10.1 Å². The molecule has 1 unspecified atom stereocenters. The zero-order valence-corrected chi connectivity index (χ0v) is 12.3. The van der Waals surface area contributed by atoms with Gasteiger partial charge < -0.3 is 5.32 Å². The molecule has 0 fully saturated rings. The number of nitro groups is 1. The van der Waals surface area contributed by atoms with Gasteiger partial charge in [-0.15, -0.1) is 0 Å². The molecule has 1 aromatic heterocycles. The smallest absolute Gasteiger partial charge is 0.278 e. The van der Waals surface area contributed by atoms with Crippen molar-refractivity contribution in [2.24, 2.45) is 0 Å². The third-order valence-electron chi connectivity index (χ3n) is 2.97. The fourth-order valence-corrected chi connectivity index (χ4v) is 2.73. The van der Waals surface area contributed by atoms with Crippen LogP contribution >= 0.6 is 11.8 Å². The number of non-ortho nitro benzene ring substituents is 1. The Balaban J connectivity index is 2.35. The lowest BCUT2D eigenvalue weighted by Gasteiger charge is -2.16. The van der Waals surface area contributed by atoms with Gasteiger partial charge in [0.1, 0.15) is 0 Å². The minimum absolute atomic E-state index is 0.0919. The van der Waals surface area contributed by atoms with Gasteiger partial charge in [-0.2, -0.15) is 11.8 Å². The molecule has 0 saturated carbocycles. The molecule has 6 heteroatoms. The van der Waals surface area contributed by atoms with Crippen molar-refractivity contribution in [3.05, 3.63) is 40.7 Å². The van der Waals surface area contributed by atoms with E-state index in [2.05, 4.69) is 24.1 Å². The van der Waals surface area contributed by atoms with Crippen molar-refractivity contribution < 1.29 is 4.92 Å². The van der Waals surface area contributed by atoms with E-state index in [4.69, 9.17) is 0 Å². The third kappa shape index (κ3) is 3.19. The van der Waals surface area contributed by atoms with Crippen LogP contribution in [0.25, 0.3) is 10.8 Å². The van der Waals surface area contributed by atoms with E-state index in [0.29, 0.717) is 11.4 Å². The quantitative estimate of drug-likeness (QED) is 0.649. The van der Waals surface area contributed by atoms with Crippen molar-refractivity contribution in [1.82, 2.24) is 4.98 Å². The Hall–Kier alpha value is -1.82. The molecule has 0 spiro atoms. The van der Waals surface area contributed by atoms with Crippen molar-refractivity contribution in [3.63, 3.8) is 0 Å². The Morgan fingerprint density at radius 2 is 2.20 bits per heavy atom. The van der Waals surface area contributed by atoms with E-state index in [-0.39, 0.29) is 10.6 Å². The molecular formula is C14H17N3O2S. The highest BCUT2D eigenvalue weighted by atomic mass is 32.2. The number of pyridine rings is 1. The van der Waals surface area contributed by atoms with Gasteiger partial charge in [-0.05, 0) is 24.8 Å². The molecule has 2 aromatic rings. The maximum atomic E-state index is 11.0. The molecular weight excluding hydrogens is 274 g/mol. The summed E-state index contributed by atoms with van der Waals surface area (Å²) in [6.07, 6.45) is 3.20. The first-order valence-corrected chi connectivity index (χ1v) is 7.64. The van der Waals surface area contributed by atoms with Crippen LogP contribution in [0.2, 0.25) is 0 Å². The largest absolute Gasteiger partial charge is 0.381 e. The van der Waals surface area contributed by atoms with Gasteiger partial charge in [-0.25, -0.2) is 0 Å². The van der Waals surface area contributed by atoms with Gasteiger partial charge in [0.05, 0.1) is 10.3 Å². The molecule has 106 valence electrons. The minimum atomic E-state index is -0.371. The number of fused-ring (bicyclic) bond motifs is 1. The number of thioether (sulfide) groups is 1. The van der Waals surface area contributed by atoms with Gasteiger partial charge >= 0.3 is 0 Å². The van der Waals surface area contributed by atoms with Crippen LogP contribution in [0.15, 0.2) is 30.6 Å². The molecule has 0 aliphatic heterocycles. The first-order valence-electron chi connectivity index (χ1n) is 6.49. The molecule has 0 amide bonds. The fourth-order valence-electron chi connectivity index (χ4n) is 2.06. The van der Waals surface area contributed by atoms with Gasteiger partial charge in [0.15, 0.2) is 0 Å². The van der Waals surface area contributed by atoms with Gasteiger partial charge in [0, 0.05) is 41.3 Å². The predicted octanol–water partition coefficient (Wildman–Crippen LogP) is 3.70. The summed E-state index contributed by atoms with van der Waals surface area (Å²) in [5, 5.41) is 15.9. The standard InChI is InChI=1S/C14H17N3O2S/c1-3-20-9-10(2)16-13-4-5-14(17(18)19)12-8-15-7-6-11(12)13/h4-8,10,16H,3,9H2,1-2H3. The van der Waals surface area contributed by atoms with Crippen LogP contribution in [0.4, 0.5) is 11.4 Å². The van der Waals surface area contributed by atoms with Crippen LogP contribution in [0.1, 0.15) is 13.8 Å². The van der Waals surface area contributed by atoms with Crippen LogP contribution < -0.4 is 5.32 Å². The number of benzene rings is 1. The van der Waals surface area contributed by atoms with E-state index in [1.807, 2.05) is 17.8 Å². The summed E-state index contributed by atoms with van der Waals surface area (Å²) < 4.78 is 0. The maximum Gasteiger partial charge on any atom is 0.278 e.